The molecule has 1 saturated heterocycles. The second kappa shape index (κ2) is 9.57. The van der Waals surface area contributed by atoms with Crippen LogP contribution in [0.25, 0.3) is 0 Å². The molecule has 0 atom stereocenters. The molecule has 4 rings (SSSR count). The van der Waals surface area contributed by atoms with Gasteiger partial charge in [0.1, 0.15) is 17.5 Å². The van der Waals surface area contributed by atoms with E-state index in [-0.39, 0.29) is 23.0 Å². The molecule has 0 radical (unpaired) electrons. The number of likely N-dealkylation sites (tertiary alicyclic amines) is 1. The monoisotopic (exact) mass is 474 g/mol. The van der Waals surface area contributed by atoms with Crippen molar-refractivity contribution in [3.8, 4) is 0 Å². The van der Waals surface area contributed by atoms with E-state index in [4.69, 9.17) is 0 Å². The first kappa shape index (κ1) is 23.3. The number of rotatable bonds is 6. The van der Waals surface area contributed by atoms with Crippen LogP contribution in [-0.2, 0) is 16.6 Å². The van der Waals surface area contributed by atoms with Crippen molar-refractivity contribution in [2.45, 2.75) is 37.2 Å². The number of hydrogen-bond acceptors (Lipinski definition) is 3. The standard InChI is InChI=1S/C25H25F3N2O2S/c1-18-4-2-5-22(16-18)33(31,32)30(20-10-8-19(26)9-11-20)21-12-14-29(15-13-21)17-23-24(27)6-3-7-25(23)28/h2-11,16,21H,12-15,17H2,1H3. The predicted octanol–water partition coefficient (Wildman–Crippen LogP) is 5.27. The molecule has 0 aliphatic carbocycles. The molecule has 0 saturated carbocycles. The zero-order valence-corrected chi connectivity index (χ0v) is 19.0. The fourth-order valence-electron chi connectivity index (χ4n) is 4.24. The third-order valence-corrected chi connectivity index (χ3v) is 7.84. The summed E-state index contributed by atoms with van der Waals surface area (Å²) in [5, 5.41) is 0. The second-order valence-corrected chi connectivity index (χ2v) is 10.1. The zero-order chi connectivity index (χ0) is 23.6. The predicted molar refractivity (Wildman–Crippen MR) is 122 cm³/mol. The molecule has 1 heterocycles. The Kier molecular flexibility index (Phi) is 6.76. The van der Waals surface area contributed by atoms with E-state index in [1.54, 1.807) is 18.2 Å². The summed E-state index contributed by atoms with van der Waals surface area (Å²) in [7, 11) is -3.91. The molecule has 0 spiro atoms. The molecule has 3 aromatic carbocycles. The maximum absolute atomic E-state index is 14.1. The number of hydrogen-bond donors (Lipinski definition) is 0. The van der Waals surface area contributed by atoms with Crippen LogP contribution in [0.3, 0.4) is 0 Å². The van der Waals surface area contributed by atoms with Crippen LogP contribution in [0.5, 0.6) is 0 Å². The van der Waals surface area contributed by atoms with Crippen LogP contribution in [0, 0.1) is 24.4 Å². The fourth-order valence-corrected chi connectivity index (χ4v) is 6.06. The van der Waals surface area contributed by atoms with Gasteiger partial charge in [-0.2, -0.15) is 0 Å². The van der Waals surface area contributed by atoms with E-state index in [9.17, 15) is 21.6 Å². The molecule has 1 fully saturated rings. The molecule has 0 bridgehead atoms. The minimum absolute atomic E-state index is 0.0127. The molecule has 4 nitrogen and oxygen atoms in total. The number of aryl methyl sites for hydroxylation is 1. The Balaban J connectivity index is 1.59. The molecule has 3 aromatic rings. The van der Waals surface area contributed by atoms with Crippen molar-refractivity contribution in [2.24, 2.45) is 0 Å². The van der Waals surface area contributed by atoms with Crippen molar-refractivity contribution in [3.63, 3.8) is 0 Å². The third-order valence-electron chi connectivity index (χ3n) is 5.96. The van der Waals surface area contributed by atoms with Gasteiger partial charge in [-0.1, -0.05) is 18.2 Å². The van der Waals surface area contributed by atoms with Crippen molar-refractivity contribution in [3.05, 3.63) is 95.3 Å². The molecule has 174 valence electrons. The van der Waals surface area contributed by atoms with Gasteiger partial charge in [0.15, 0.2) is 0 Å². The van der Waals surface area contributed by atoms with Crippen molar-refractivity contribution in [1.82, 2.24) is 4.90 Å². The highest BCUT2D eigenvalue weighted by atomic mass is 32.2. The molecule has 0 N–H and O–H groups in total. The minimum Gasteiger partial charge on any atom is -0.299 e. The Bertz CT molecular complexity index is 1200. The summed E-state index contributed by atoms with van der Waals surface area (Å²) in [5.41, 5.74) is 1.21. The quantitative estimate of drug-likeness (QED) is 0.489. The molecule has 1 aliphatic rings. The summed E-state index contributed by atoms with van der Waals surface area (Å²) in [4.78, 5) is 2.09. The molecule has 0 amide bonds. The molecule has 0 aromatic heterocycles. The van der Waals surface area contributed by atoms with Gasteiger partial charge in [-0.3, -0.25) is 9.21 Å². The first-order valence-electron chi connectivity index (χ1n) is 10.8. The SMILES string of the molecule is Cc1cccc(S(=O)(=O)N(c2ccc(F)cc2)C2CCN(Cc3c(F)cccc3F)CC2)c1. The summed E-state index contributed by atoms with van der Waals surface area (Å²) in [5.74, 6) is -1.63. The topological polar surface area (TPSA) is 40.6 Å². The Morgan fingerprint density at radius 1 is 0.909 bits per heavy atom. The van der Waals surface area contributed by atoms with Crippen molar-refractivity contribution < 1.29 is 21.6 Å². The lowest BCUT2D eigenvalue weighted by Crippen LogP contribution is -2.47. The van der Waals surface area contributed by atoms with E-state index >= 15 is 0 Å². The van der Waals surface area contributed by atoms with E-state index in [2.05, 4.69) is 0 Å². The average molecular weight is 475 g/mol. The number of piperidine rings is 1. The maximum Gasteiger partial charge on any atom is 0.264 e. The van der Waals surface area contributed by atoms with Gasteiger partial charge >= 0.3 is 0 Å². The Hall–Kier alpha value is -2.84. The lowest BCUT2D eigenvalue weighted by Gasteiger charge is -2.39. The van der Waals surface area contributed by atoms with Gasteiger partial charge < -0.3 is 0 Å². The van der Waals surface area contributed by atoms with Crippen LogP contribution in [0.1, 0.15) is 24.0 Å². The third kappa shape index (κ3) is 5.07. The lowest BCUT2D eigenvalue weighted by atomic mass is 10.0. The van der Waals surface area contributed by atoms with E-state index < -0.39 is 27.5 Å². The van der Waals surface area contributed by atoms with Crippen LogP contribution < -0.4 is 4.31 Å². The molecule has 33 heavy (non-hydrogen) atoms. The fraction of sp³-hybridized carbons (Fsp3) is 0.280. The van der Waals surface area contributed by atoms with E-state index in [1.165, 1.54) is 46.8 Å². The van der Waals surface area contributed by atoms with Gasteiger partial charge in [-0.15, -0.1) is 0 Å². The summed E-state index contributed by atoms with van der Waals surface area (Å²) < 4.78 is 70.3. The zero-order valence-electron chi connectivity index (χ0n) is 18.2. The highest BCUT2D eigenvalue weighted by Gasteiger charge is 2.34. The van der Waals surface area contributed by atoms with E-state index in [0.29, 0.717) is 31.6 Å². The highest BCUT2D eigenvalue weighted by molar-refractivity contribution is 7.92. The van der Waals surface area contributed by atoms with Crippen LogP contribution >= 0.6 is 0 Å². The molecule has 8 heteroatoms. The summed E-state index contributed by atoms with van der Waals surface area (Å²) >= 11 is 0. The molecule has 1 aliphatic heterocycles. The largest absolute Gasteiger partial charge is 0.299 e. The summed E-state index contributed by atoms with van der Waals surface area (Å²) in [6.07, 6.45) is 0.941. The molecular weight excluding hydrogens is 449 g/mol. The molecule has 0 unspecified atom stereocenters. The number of benzene rings is 3. The minimum atomic E-state index is -3.91. The highest BCUT2D eigenvalue weighted by Crippen LogP contribution is 2.31. The van der Waals surface area contributed by atoms with Gasteiger partial charge in [-0.05, 0) is 73.9 Å². The van der Waals surface area contributed by atoms with Gasteiger partial charge in [0.25, 0.3) is 10.0 Å². The number of nitrogens with zero attached hydrogens (tertiary/aromatic N) is 2. The first-order chi connectivity index (χ1) is 15.8. The van der Waals surface area contributed by atoms with Gasteiger partial charge in [-0.25, -0.2) is 21.6 Å². The second-order valence-electron chi connectivity index (χ2n) is 8.30. The number of anilines is 1. The van der Waals surface area contributed by atoms with Crippen molar-refractivity contribution >= 4 is 15.7 Å². The number of sulfonamides is 1. The van der Waals surface area contributed by atoms with Crippen LogP contribution in [0.2, 0.25) is 0 Å². The average Bonchev–Trinajstić information content (AvgIpc) is 2.79. The lowest BCUT2D eigenvalue weighted by molar-refractivity contribution is 0.202. The van der Waals surface area contributed by atoms with Crippen molar-refractivity contribution in [2.75, 3.05) is 17.4 Å². The maximum atomic E-state index is 14.1. The Morgan fingerprint density at radius 3 is 2.12 bits per heavy atom. The van der Waals surface area contributed by atoms with Gasteiger partial charge in [0.05, 0.1) is 10.6 Å². The van der Waals surface area contributed by atoms with Crippen molar-refractivity contribution in [1.29, 1.82) is 0 Å². The Labute approximate surface area is 192 Å². The van der Waals surface area contributed by atoms with E-state index in [1.807, 2.05) is 17.9 Å². The first-order valence-corrected chi connectivity index (χ1v) is 12.2. The Morgan fingerprint density at radius 2 is 1.52 bits per heavy atom. The van der Waals surface area contributed by atoms with Gasteiger partial charge in [0.2, 0.25) is 0 Å². The van der Waals surface area contributed by atoms with Gasteiger partial charge in [0, 0.05) is 31.2 Å². The summed E-state index contributed by atoms with van der Waals surface area (Å²) in [6.45, 7) is 2.88. The summed E-state index contributed by atoms with van der Waals surface area (Å²) in [6, 6.07) is 15.5. The number of halogens is 3. The van der Waals surface area contributed by atoms with Crippen LogP contribution in [0.4, 0.5) is 18.9 Å². The molecular formula is C25H25F3N2O2S. The normalized spacial score (nSPS) is 15.5. The smallest absolute Gasteiger partial charge is 0.264 e. The van der Waals surface area contributed by atoms with Crippen LogP contribution in [0.15, 0.2) is 71.6 Å². The van der Waals surface area contributed by atoms with Crippen LogP contribution in [-0.4, -0.2) is 32.4 Å². The van der Waals surface area contributed by atoms with E-state index in [0.717, 1.165) is 5.56 Å².